The summed E-state index contributed by atoms with van der Waals surface area (Å²) in [6, 6.07) is 31.8. The summed E-state index contributed by atoms with van der Waals surface area (Å²) in [5.41, 5.74) is 4.85. The van der Waals surface area contributed by atoms with Gasteiger partial charge in [-0.1, -0.05) is 133 Å². The molecule has 5 aromatic rings. The lowest BCUT2D eigenvalue weighted by molar-refractivity contribution is -0.0383. The number of hydrogen-bond acceptors (Lipinski definition) is 8. The van der Waals surface area contributed by atoms with E-state index in [1.54, 1.807) is 18.3 Å². The molecule has 3 aromatic carbocycles. The van der Waals surface area contributed by atoms with Crippen LogP contribution in [0.5, 0.6) is 0 Å². The van der Waals surface area contributed by atoms with Crippen molar-refractivity contribution in [3.8, 4) is 0 Å². The second kappa shape index (κ2) is 14.8. The number of nitrogens with one attached hydrogen (secondary N) is 1. The molecule has 1 N–H and O–H groups in total. The molecule has 0 radical (unpaired) electrons. The SMILES string of the molecule is CC(C)(C)[Si](C)(C)OC[C@H]1O[C@@H](n2cnc3c(NSC(c4ccccc4)(c4ccccc4)c4ccccc4)ncnc32)C[C@@H]1O[Si](C)(C)C(C)(C)C. The molecule has 11 heteroatoms. The first-order valence-corrected chi connectivity index (χ1v) is 24.9. The number of imidazole rings is 1. The molecule has 8 nitrogen and oxygen atoms in total. The van der Waals surface area contributed by atoms with Crippen molar-refractivity contribution in [2.75, 3.05) is 11.3 Å². The Kier molecular flexibility index (Phi) is 11.0. The maximum atomic E-state index is 7.06. The van der Waals surface area contributed by atoms with Gasteiger partial charge in [-0.25, -0.2) is 15.0 Å². The van der Waals surface area contributed by atoms with Gasteiger partial charge < -0.3 is 18.3 Å². The van der Waals surface area contributed by atoms with E-state index < -0.39 is 21.4 Å². The van der Waals surface area contributed by atoms with Crippen LogP contribution in [0.25, 0.3) is 11.2 Å². The minimum atomic E-state index is -2.10. The molecule has 276 valence electrons. The van der Waals surface area contributed by atoms with Crippen molar-refractivity contribution in [2.45, 2.75) is 107 Å². The van der Waals surface area contributed by atoms with Crippen LogP contribution < -0.4 is 4.72 Å². The number of hydrogen-bond donors (Lipinski definition) is 1. The highest BCUT2D eigenvalue weighted by Crippen LogP contribution is 2.49. The number of anilines is 1. The second-order valence-electron chi connectivity index (χ2n) is 16.9. The van der Waals surface area contributed by atoms with Gasteiger partial charge >= 0.3 is 0 Å². The molecule has 0 amide bonds. The van der Waals surface area contributed by atoms with Crippen molar-refractivity contribution < 1.29 is 13.6 Å². The van der Waals surface area contributed by atoms with E-state index in [-0.39, 0.29) is 28.5 Å². The summed E-state index contributed by atoms with van der Waals surface area (Å²) in [5, 5.41) is 0.163. The number of fused-ring (bicyclic) bond motifs is 1. The van der Waals surface area contributed by atoms with E-state index in [1.807, 2.05) is 10.9 Å². The zero-order chi connectivity index (χ0) is 37.4. The Hall–Kier alpha value is -3.33. The molecule has 0 bridgehead atoms. The summed E-state index contributed by atoms with van der Waals surface area (Å²) in [7, 11) is -4.11. The predicted molar refractivity (Wildman–Crippen MR) is 219 cm³/mol. The van der Waals surface area contributed by atoms with E-state index >= 15 is 0 Å². The predicted octanol–water partition coefficient (Wildman–Crippen LogP) is 10.6. The van der Waals surface area contributed by atoms with E-state index in [0.29, 0.717) is 30.0 Å². The van der Waals surface area contributed by atoms with Crippen LogP contribution in [0.3, 0.4) is 0 Å². The third-order valence-electron chi connectivity index (χ3n) is 11.4. The first-order chi connectivity index (χ1) is 24.5. The molecular formula is C41H55N5O3SSi2. The maximum absolute atomic E-state index is 7.06. The van der Waals surface area contributed by atoms with Gasteiger partial charge in [0.1, 0.15) is 23.4 Å². The Morgan fingerprint density at radius 2 is 1.27 bits per heavy atom. The third-order valence-corrected chi connectivity index (χ3v) is 21.7. The summed E-state index contributed by atoms with van der Waals surface area (Å²) < 4.78 is 25.8. The van der Waals surface area contributed by atoms with Gasteiger partial charge in [-0.15, -0.1) is 0 Å². The van der Waals surface area contributed by atoms with Crippen LogP contribution in [-0.4, -0.2) is 55.0 Å². The molecule has 1 saturated heterocycles. The molecule has 0 aliphatic carbocycles. The summed E-state index contributed by atoms with van der Waals surface area (Å²) in [4.78, 5) is 14.4. The molecule has 3 atom stereocenters. The van der Waals surface area contributed by atoms with Crippen molar-refractivity contribution in [1.82, 2.24) is 19.5 Å². The molecule has 0 unspecified atom stereocenters. The Morgan fingerprint density at radius 1 is 0.750 bits per heavy atom. The van der Waals surface area contributed by atoms with Crippen LogP contribution in [0.15, 0.2) is 104 Å². The molecule has 6 rings (SSSR count). The fourth-order valence-electron chi connectivity index (χ4n) is 6.16. The average molecular weight is 754 g/mol. The molecule has 0 saturated carbocycles. The summed E-state index contributed by atoms with van der Waals surface area (Å²) in [6.45, 7) is 23.3. The highest BCUT2D eigenvalue weighted by Gasteiger charge is 2.47. The molecule has 52 heavy (non-hydrogen) atoms. The zero-order valence-electron chi connectivity index (χ0n) is 32.4. The van der Waals surface area contributed by atoms with E-state index in [9.17, 15) is 0 Å². The van der Waals surface area contributed by atoms with E-state index in [4.69, 9.17) is 28.5 Å². The van der Waals surface area contributed by atoms with E-state index in [0.717, 1.165) is 16.7 Å². The Morgan fingerprint density at radius 3 is 1.77 bits per heavy atom. The zero-order valence-corrected chi connectivity index (χ0v) is 35.2. The van der Waals surface area contributed by atoms with Crippen LogP contribution in [0, 0.1) is 0 Å². The minimum Gasteiger partial charge on any atom is -0.414 e. The third kappa shape index (κ3) is 7.67. The largest absolute Gasteiger partial charge is 0.414 e. The molecule has 1 fully saturated rings. The van der Waals surface area contributed by atoms with Crippen LogP contribution in [-0.2, 0) is 18.3 Å². The number of ether oxygens (including phenoxy) is 1. The van der Waals surface area contributed by atoms with Crippen LogP contribution in [0.2, 0.25) is 36.3 Å². The lowest BCUT2D eigenvalue weighted by Crippen LogP contribution is -2.48. The fraction of sp³-hybridized carbons (Fsp3) is 0.439. The molecule has 3 heterocycles. The minimum absolute atomic E-state index is 0.0670. The molecule has 1 aliphatic heterocycles. The first-order valence-electron chi connectivity index (χ1n) is 18.3. The van der Waals surface area contributed by atoms with Gasteiger partial charge in [0.05, 0.1) is 19.0 Å². The monoisotopic (exact) mass is 753 g/mol. The smallest absolute Gasteiger partial charge is 0.192 e. The van der Waals surface area contributed by atoms with Crippen molar-refractivity contribution in [2.24, 2.45) is 0 Å². The molecule has 2 aromatic heterocycles. The number of benzene rings is 3. The maximum Gasteiger partial charge on any atom is 0.192 e. The number of aromatic nitrogens is 4. The molecule has 0 spiro atoms. The topological polar surface area (TPSA) is 83.3 Å². The first kappa shape index (κ1) is 38.4. The Bertz CT molecular complexity index is 1830. The van der Waals surface area contributed by atoms with Crippen LogP contribution >= 0.6 is 11.9 Å². The van der Waals surface area contributed by atoms with E-state index in [1.165, 1.54) is 0 Å². The highest BCUT2D eigenvalue weighted by atomic mass is 32.2. The van der Waals surface area contributed by atoms with Gasteiger partial charge in [-0.05, 0) is 64.9 Å². The number of nitrogens with zero attached hydrogens (tertiary/aromatic N) is 4. The lowest BCUT2D eigenvalue weighted by Gasteiger charge is -2.40. The standard InChI is InChI=1S/C41H55N5O3SSi2/c1-39(2,3)51(7,8)47-27-34-33(49-52(9,10)40(4,5)6)26-35(48-34)46-29-44-36-37(42-28-43-38(36)46)45-50-41(30-20-14-11-15-21-30,31-22-16-12-17-23-31)32-24-18-13-19-25-32/h11-25,28-29,33-35H,26-27H2,1-10H3,(H,42,43,45)/t33-,34+,35+/m0/s1. The van der Waals surface area contributed by atoms with Gasteiger partial charge in [0.25, 0.3) is 0 Å². The Labute approximate surface area is 316 Å². The fourth-order valence-corrected chi connectivity index (χ4v) is 9.70. The van der Waals surface area contributed by atoms with E-state index in [2.05, 4.69) is 163 Å². The molecular weight excluding hydrogens is 699 g/mol. The van der Waals surface area contributed by atoms with Gasteiger partial charge in [0.15, 0.2) is 33.6 Å². The van der Waals surface area contributed by atoms with Crippen molar-refractivity contribution >= 4 is 45.6 Å². The van der Waals surface area contributed by atoms with Crippen molar-refractivity contribution in [3.63, 3.8) is 0 Å². The highest BCUT2D eigenvalue weighted by molar-refractivity contribution is 8.01. The summed E-state index contributed by atoms with van der Waals surface area (Å²) in [5.74, 6) is 0.644. The van der Waals surface area contributed by atoms with Gasteiger partial charge in [-0.2, -0.15) is 0 Å². The van der Waals surface area contributed by atoms with Crippen molar-refractivity contribution in [1.29, 1.82) is 0 Å². The lowest BCUT2D eigenvalue weighted by atomic mass is 9.84. The van der Waals surface area contributed by atoms with Gasteiger partial charge in [0, 0.05) is 6.42 Å². The summed E-state index contributed by atoms with van der Waals surface area (Å²) >= 11 is 1.61. The normalized spacial score (nSPS) is 18.9. The Balaban J connectivity index is 1.33. The van der Waals surface area contributed by atoms with Gasteiger partial charge in [0.2, 0.25) is 0 Å². The van der Waals surface area contributed by atoms with Crippen LogP contribution in [0.1, 0.15) is 70.9 Å². The van der Waals surface area contributed by atoms with Crippen molar-refractivity contribution in [3.05, 3.63) is 120 Å². The molecule has 1 aliphatic rings. The quantitative estimate of drug-likeness (QED) is 0.0766. The average Bonchev–Trinajstić information content (AvgIpc) is 3.72. The summed E-state index contributed by atoms with van der Waals surface area (Å²) in [6.07, 6.45) is 3.51. The van der Waals surface area contributed by atoms with Crippen LogP contribution in [0.4, 0.5) is 5.82 Å². The van der Waals surface area contributed by atoms with Gasteiger partial charge in [-0.3, -0.25) is 4.57 Å². The second-order valence-corrected chi connectivity index (χ2v) is 27.5. The number of rotatable bonds is 12.